The molecule has 1 atom stereocenters. The molecule has 0 radical (unpaired) electrons. The summed E-state index contributed by atoms with van der Waals surface area (Å²) in [6.07, 6.45) is 0.429. The molecule has 0 N–H and O–H groups in total. The van der Waals surface area contributed by atoms with Crippen molar-refractivity contribution in [1.29, 1.82) is 0 Å². The van der Waals surface area contributed by atoms with E-state index in [9.17, 15) is 9.59 Å². The molecule has 1 heterocycles. The van der Waals surface area contributed by atoms with Crippen LogP contribution in [-0.4, -0.2) is 48.3 Å². The Kier molecular flexibility index (Phi) is 2.35. The van der Waals surface area contributed by atoms with E-state index >= 15 is 0 Å². The van der Waals surface area contributed by atoms with E-state index < -0.39 is 0 Å². The summed E-state index contributed by atoms with van der Waals surface area (Å²) in [5, 5.41) is 0. The Bertz CT molecular complexity index is 215. The fourth-order valence-corrected chi connectivity index (χ4v) is 1.19. The first kappa shape index (κ1) is 9.03. The third-order valence-electron chi connectivity index (χ3n) is 2.32. The van der Waals surface area contributed by atoms with Crippen molar-refractivity contribution < 1.29 is 9.59 Å². The first-order valence-electron chi connectivity index (χ1n) is 4.02. The van der Waals surface area contributed by atoms with Crippen LogP contribution in [0.1, 0.15) is 13.3 Å². The standard InChI is InChI=1S/C8H14N2O2/c1-6-4-7(11)9(2)5-8(12)10(6)3/h6H,4-5H2,1-3H3. The van der Waals surface area contributed by atoms with Crippen molar-refractivity contribution in [1.82, 2.24) is 9.80 Å². The van der Waals surface area contributed by atoms with Gasteiger partial charge in [-0.05, 0) is 6.92 Å². The second-order valence-electron chi connectivity index (χ2n) is 3.31. The summed E-state index contributed by atoms with van der Waals surface area (Å²) in [7, 11) is 3.39. The minimum atomic E-state index is 0.0100. The van der Waals surface area contributed by atoms with Crippen LogP contribution in [0, 0.1) is 0 Å². The zero-order chi connectivity index (χ0) is 9.30. The molecule has 2 amide bonds. The average Bonchev–Trinajstić information content (AvgIpc) is 2.07. The van der Waals surface area contributed by atoms with Crippen LogP contribution >= 0.6 is 0 Å². The van der Waals surface area contributed by atoms with E-state index in [1.54, 1.807) is 19.0 Å². The molecule has 0 saturated carbocycles. The molecule has 1 unspecified atom stereocenters. The van der Waals surface area contributed by atoms with Crippen LogP contribution in [0.4, 0.5) is 0 Å². The van der Waals surface area contributed by atoms with E-state index in [1.165, 1.54) is 4.90 Å². The molecule has 1 aliphatic heterocycles. The summed E-state index contributed by atoms with van der Waals surface area (Å²) in [5.41, 5.74) is 0. The van der Waals surface area contributed by atoms with E-state index in [4.69, 9.17) is 0 Å². The molecular formula is C8H14N2O2. The molecule has 12 heavy (non-hydrogen) atoms. The van der Waals surface area contributed by atoms with E-state index in [-0.39, 0.29) is 24.4 Å². The van der Waals surface area contributed by atoms with E-state index in [1.807, 2.05) is 6.92 Å². The molecule has 1 saturated heterocycles. The number of hydrogen-bond donors (Lipinski definition) is 0. The minimum Gasteiger partial charge on any atom is -0.341 e. The van der Waals surface area contributed by atoms with Gasteiger partial charge in [-0.2, -0.15) is 0 Å². The normalized spacial score (nSPS) is 26.1. The molecule has 0 spiro atoms. The topological polar surface area (TPSA) is 40.6 Å². The molecule has 4 heteroatoms. The highest BCUT2D eigenvalue weighted by Crippen LogP contribution is 2.08. The lowest BCUT2D eigenvalue weighted by molar-refractivity contribution is -0.134. The van der Waals surface area contributed by atoms with E-state index in [0.717, 1.165) is 0 Å². The minimum absolute atomic E-state index is 0.0100. The van der Waals surface area contributed by atoms with Gasteiger partial charge in [0.15, 0.2) is 0 Å². The third kappa shape index (κ3) is 1.57. The van der Waals surface area contributed by atoms with Crippen LogP contribution < -0.4 is 0 Å². The first-order valence-corrected chi connectivity index (χ1v) is 4.02. The van der Waals surface area contributed by atoms with Crippen molar-refractivity contribution >= 4 is 11.8 Å². The number of rotatable bonds is 0. The van der Waals surface area contributed by atoms with E-state index in [0.29, 0.717) is 6.42 Å². The van der Waals surface area contributed by atoms with Crippen LogP contribution in [-0.2, 0) is 9.59 Å². The summed E-state index contributed by atoms with van der Waals surface area (Å²) >= 11 is 0. The number of nitrogens with zero attached hydrogens (tertiary/aromatic N) is 2. The highest BCUT2D eigenvalue weighted by molar-refractivity contribution is 5.87. The van der Waals surface area contributed by atoms with Gasteiger partial charge >= 0.3 is 0 Å². The fourth-order valence-electron chi connectivity index (χ4n) is 1.19. The molecule has 0 bridgehead atoms. The second-order valence-corrected chi connectivity index (χ2v) is 3.31. The Balaban J connectivity index is 2.78. The van der Waals surface area contributed by atoms with Crippen molar-refractivity contribution in [2.45, 2.75) is 19.4 Å². The Morgan fingerprint density at radius 3 is 2.42 bits per heavy atom. The Hall–Kier alpha value is -1.06. The van der Waals surface area contributed by atoms with Gasteiger partial charge in [-0.3, -0.25) is 9.59 Å². The van der Waals surface area contributed by atoms with Crippen LogP contribution in [0.25, 0.3) is 0 Å². The Labute approximate surface area is 72.1 Å². The molecule has 1 rings (SSSR count). The highest BCUT2D eigenvalue weighted by Gasteiger charge is 2.26. The number of carbonyl (C=O) groups is 2. The Morgan fingerprint density at radius 1 is 1.25 bits per heavy atom. The zero-order valence-electron chi connectivity index (χ0n) is 7.70. The number of amides is 2. The molecular weight excluding hydrogens is 156 g/mol. The predicted molar refractivity (Wildman–Crippen MR) is 44.5 cm³/mol. The van der Waals surface area contributed by atoms with Crippen LogP contribution in [0.2, 0.25) is 0 Å². The van der Waals surface area contributed by atoms with Crippen LogP contribution in [0.3, 0.4) is 0 Å². The monoisotopic (exact) mass is 170 g/mol. The van der Waals surface area contributed by atoms with Gasteiger partial charge < -0.3 is 9.80 Å². The van der Waals surface area contributed by atoms with Crippen molar-refractivity contribution in [2.75, 3.05) is 20.6 Å². The molecule has 0 aromatic rings. The van der Waals surface area contributed by atoms with Gasteiger partial charge in [0.05, 0.1) is 6.54 Å². The van der Waals surface area contributed by atoms with Gasteiger partial charge in [-0.25, -0.2) is 0 Å². The SMILES string of the molecule is CC1CC(=O)N(C)CC(=O)N1C. The van der Waals surface area contributed by atoms with Crippen molar-refractivity contribution in [3.05, 3.63) is 0 Å². The third-order valence-corrected chi connectivity index (χ3v) is 2.32. The smallest absolute Gasteiger partial charge is 0.242 e. The largest absolute Gasteiger partial charge is 0.341 e. The van der Waals surface area contributed by atoms with Crippen molar-refractivity contribution in [2.24, 2.45) is 0 Å². The van der Waals surface area contributed by atoms with Crippen molar-refractivity contribution in [3.63, 3.8) is 0 Å². The van der Waals surface area contributed by atoms with Crippen molar-refractivity contribution in [3.8, 4) is 0 Å². The summed E-state index contributed by atoms with van der Waals surface area (Å²) in [6.45, 7) is 2.09. The quantitative estimate of drug-likeness (QED) is 0.500. The number of carbonyl (C=O) groups excluding carboxylic acids is 2. The average molecular weight is 170 g/mol. The van der Waals surface area contributed by atoms with Crippen LogP contribution in [0.15, 0.2) is 0 Å². The lowest BCUT2D eigenvalue weighted by Gasteiger charge is -2.20. The maximum atomic E-state index is 11.3. The van der Waals surface area contributed by atoms with Gasteiger partial charge in [0.1, 0.15) is 0 Å². The predicted octanol–water partition coefficient (Wildman–Crippen LogP) is -0.305. The van der Waals surface area contributed by atoms with Gasteiger partial charge in [-0.15, -0.1) is 0 Å². The maximum Gasteiger partial charge on any atom is 0.242 e. The summed E-state index contributed by atoms with van der Waals surface area (Å²) in [4.78, 5) is 25.7. The molecule has 0 aromatic carbocycles. The Morgan fingerprint density at radius 2 is 1.83 bits per heavy atom. The van der Waals surface area contributed by atoms with Gasteiger partial charge in [0.25, 0.3) is 0 Å². The molecule has 1 fully saturated rings. The molecule has 68 valence electrons. The number of hydrogen-bond acceptors (Lipinski definition) is 2. The summed E-state index contributed by atoms with van der Waals surface area (Å²) in [5.74, 6) is 0.0519. The highest BCUT2D eigenvalue weighted by atomic mass is 16.2. The molecule has 0 aliphatic carbocycles. The van der Waals surface area contributed by atoms with Gasteiger partial charge in [0.2, 0.25) is 11.8 Å². The van der Waals surface area contributed by atoms with E-state index in [2.05, 4.69) is 0 Å². The summed E-state index contributed by atoms with van der Waals surface area (Å²) < 4.78 is 0. The lowest BCUT2D eigenvalue weighted by atomic mass is 10.2. The van der Waals surface area contributed by atoms with Crippen LogP contribution in [0.5, 0.6) is 0 Å². The molecule has 4 nitrogen and oxygen atoms in total. The molecule has 1 aliphatic rings. The summed E-state index contributed by atoms with van der Waals surface area (Å²) in [6, 6.07) is 0.0231. The second kappa shape index (κ2) is 3.13. The zero-order valence-corrected chi connectivity index (χ0v) is 7.70. The first-order chi connectivity index (χ1) is 5.52. The maximum absolute atomic E-state index is 11.3. The fraction of sp³-hybridized carbons (Fsp3) is 0.750. The number of likely N-dealkylation sites (N-methyl/N-ethyl adjacent to an activating group) is 2. The van der Waals surface area contributed by atoms with Gasteiger partial charge in [-0.1, -0.05) is 0 Å². The molecule has 0 aromatic heterocycles. The lowest BCUT2D eigenvalue weighted by Crippen LogP contribution is -2.36. The van der Waals surface area contributed by atoms with Gasteiger partial charge in [0, 0.05) is 26.6 Å².